The van der Waals surface area contributed by atoms with E-state index in [0.29, 0.717) is 5.92 Å². The van der Waals surface area contributed by atoms with Crippen molar-refractivity contribution in [3.63, 3.8) is 0 Å². The van der Waals surface area contributed by atoms with E-state index in [1.54, 1.807) is 0 Å². The lowest BCUT2D eigenvalue weighted by atomic mass is 9.81. The number of benzene rings is 1. The van der Waals surface area contributed by atoms with Gasteiger partial charge >= 0.3 is 0 Å². The Kier molecular flexibility index (Phi) is 6.81. The molecule has 19 heavy (non-hydrogen) atoms. The van der Waals surface area contributed by atoms with Gasteiger partial charge in [-0.1, -0.05) is 47.3 Å². The minimum absolute atomic E-state index is 0. The molecular weight excluding hydrogens is 326 g/mol. The highest BCUT2D eigenvalue weighted by atomic mass is 79.9. The van der Waals surface area contributed by atoms with Crippen molar-refractivity contribution in [3.05, 3.63) is 33.8 Å². The first-order valence-electron chi connectivity index (χ1n) is 6.79. The van der Waals surface area contributed by atoms with Crippen LogP contribution in [0.3, 0.4) is 0 Å². The third-order valence-electron chi connectivity index (χ3n) is 4.02. The highest BCUT2D eigenvalue weighted by molar-refractivity contribution is 9.10. The van der Waals surface area contributed by atoms with Gasteiger partial charge in [-0.05, 0) is 42.9 Å². The largest absolute Gasteiger partial charge is 0.391 e. The van der Waals surface area contributed by atoms with Crippen LogP contribution in [-0.2, 0) is 0 Å². The van der Waals surface area contributed by atoms with Crippen molar-refractivity contribution in [2.75, 3.05) is 0 Å². The molecule has 0 saturated heterocycles. The van der Waals surface area contributed by atoms with Gasteiger partial charge in [-0.3, -0.25) is 0 Å². The summed E-state index contributed by atoms with van der Waals surface area (Å²) in [4.78, 5) is 0. The van der Waals surface area contributed by atoms with E-state index < -0.39 is 6.10 Å². The van der Waals surface area contributed by atoms with Gasteiger partial charge in [0.15, 0.2) is 0 Å². The lowest BCUT2D eigenvalue weighted by Crippen LogP contribution is -2.34. The van der Waals surface area contributed by atoms with Crippen LogP contribution in [0.1, 0.15) is 49.3 Å². The van der Waals surface area contributed by atoms with Crippen LogP contribution < -0.4 is 5.73 Å². The minimum atomic E-state index is -0.427. The minimum Gasteiger partial charge on any atom is -0.391 e. The maximum Gasteiger partial charge on any atom is 0.0761 e. The Morgan fingerprint density at radius 2 is 1.89 bits per heavy atom. The van der Waals surface area contributed by atoms with Gasteiger partial charge in [-0.25, -0.2) is 0 Å². The Morgan fingerprint density at radius 3 is 2.47 bits per heavy atom. The highest BCUT2D eigenvalue weighted by Gasteiger charge is 2.28. The first-order valence-corrected chi connectivity index (χ1v) is 7.58. The molecule has 1 aliphatic carbocycles. The second-order valence-electron chi connectivity index (χ2n) is 5.44. The molecule has 0 spiro atoms. The molecule has 108 valence electrons. The Morgan fingerprint density at radius 1 is 1.26 bits per heavy atom. The number of hydrogen-bond donors (Lipinski definition) is 2. The summed E-state index contributed by atoms with van der Waals surface area (Å²) < 4.78 is 1.00. The fourth-order valence-electron chi connectivity index (χ4n) is 2.86. The summed E-state index contributed by atoms with van der Waals surface area (Å²) in [6.07, 6.45) is 5.54. The average Bonchev–Trinajstić information content (AvgIpc) is 2.38. The third kappa shape index (κ3) is 4.19. The zero-order valence-corrected chi connectivity index (χ0v) is 13.7. The number of aliphatic hydroxyl groups is 1. The molecule has 1 aromatic rings. The predicted octanol–water partition coefficient (Wildman–Crippen LogP) is 4.12. The fraction of sp³-hybridized carbons (Fsp3) is 0.600. The van der Waals surface area contributed by atoms with Crippen LogP contribution in [0.5, 0.6) is 0 Å². The number of hydrogen-bond acceptors (Lipinski definition) is 2. The Balaban J connectivity index is 0.00000180. The fourth-order valence-corrected chi connectivity index (χ4v) is 3.61. The third-order valence-corrected chi connectivity index (χ3v) is 4.70. The van der Waals surface area contributed by atoms with Crippen molar-refractivity contribution >= 4 is 28.3 Å². The van der Waals surface area contributed by atoms with Crippen LogP contribution in [0.15, 0.2) is 22.7 Å². The maximum atomic E-state index is 10.4. The summed E-state index contributed by atoms with van der Waals surface area (Å²) >= 11 is 3.55. The van der Waals surface area contributed by atoms with Gasteiger partial charge in [0.2, 0.25) is 0 Å². The molecule has 2 nitrogen and oxygen atoms in total. The summed E-state index contributed by atoms with van der Waals surface area (Å²) in [7, 11) is 0. The number of rotatable bonds is 3. The molecule has 2 rings (SSSR count). The number of nitrogens with two attached hydrogens (primary N) is 1. The molecule has 2 atom stereocenters. The van der Waals surface area contributed by atoms with Crippen LogP contribution >= 0.6 is 28.3 Å². The van der Waals surface area contributed by atoms with E-state index in [4.69, 9.17) is 5.73 Å². The van der Waals surface area contributed by atoms with E-state index in [1.807, 2.05) is 12.1 Å². The van der Waals surface area contributed by atoms with Gasteiger partial charge in [-0.15, -0.1) is 12.4 Å². The van der Waals surface area contributed by atoms with E-state index >= 15 is 0 Å². The summed E-state index contributed by atoms with van der Waals surface area (Å²) in [5.41, 5.74) is 8.45. The number of halogens is 2. The van der Waals surface area contributed by atoms with Gasteiger partial charge in [-0.2, -0.15) is 0 Å². The lowest BCUT2D eigenvalue weighted by molar-refractivity contribution is 0.0616. The summed E-state index contributed by atoms with van der Waals surface area (Å²) in [5, 5.41) is 10.4. The Hall–Kier alpha value is -0.0900. The van der Waals surface area contributed by atoms with E-state index in [1.165, 1.54) is 24.8 Å². The van der Waals surface area contributed by atoms with Gasteiger partial charge in [0.05, 0.1) is 12.1 Å². The van der Waals surface area contributed by atoms with Gasteiger partial charge < -0.3 is 10.8 Å². The standard InChI is InChI=1S/C15H22BrNO.ClH/c1-10-7-8-12(13(16)9-10)14(17)15(18)11-5-3-2-4-6-11;/h7-9,11,14-15,18H,2-6,17H2,1H3;1H/t14-,15+;/m1./s1. The quantitative estimate of drug-likeness (QED) is 0.863. The van der Waals surface area contributed by atoms with E-state index in [9.17, 15) is 5.11 Å². The van der Waals surface area contributed by atoms with E-state index in [-0.39, 0.29) is 18.4 Å². The molecule has 1 aromatic carbocycles. The molecule has 0 bridgehead atoms. The molecule has 0 amide bonds. The molecule has 1 fully saturated rings. The Bertz CT molecular complexity index is 407. The van der Waals surface area contributed by atoms with Gasteiger partial charge in [0.1, 0.15) is 0 Å². The SMILES string of the molecule is Cc1ccc([C@@H](N)[C@@H](O)C2CCCCC2)c(Br)c1.Cl. The van der Waals surface area contributed by atoms with Crippen LogP contribution in [0.4, 0.5) is 0 Å². The zero-order valence-electron chi connectivity index (χ0n) is 11.3. The summed E-state index contributed by atoms with van der Waals surface area (Å²) in [5.74, 6) is 0.363. The van der Waals surface area contributed by atoms with Crippen molar-refractivity contribution in [2.45, 2.75) is 51.2 Å². The zero-order chi connectivity index (χ0) is 13.1. The van der Waals surface area contributed by atoms with Crippen LogP contribution in [0.2, 0.25) is 0 Å². The normalized spacial score (nSPS) is 19.6. The average molecular weight is 349 g/mol. The highest BCUT2D eigenvalue weighted by Crippen LogP contribution is 2.33. The molecule has 0 aliphatic heterocycles. The molecule has 0 radical (unpaired) electrons. The number of aliphatic hydroxyl groups excluding tert-OH is 1. The summed E-state index contributed by atoms with van der Waals surface area (Å²) in [6, 6.07) is 5.84. The first kappa shape index (κ1) is 17.0. The second-order valence-corrected chi connectivity index (χ2v) is 6.29. The van der Waals surface area contributed by atoms with Crippen molar-refractivity contribution < 1.29 is 5.11 Å². The van der Waals surface area contributed by atoms with Crippen molar-refractivity contribution in [1.82, 2.24) is 0 Å². The second kappa shape index (κ2) is 7.63. The number of aryl methyl sites for hydroxylation is 1. The lowest BCUT2D eigenvalue weighted by Gasteiger charge is -2.31. The molecule has 1 aliphatic rings. The molecule has 1 saturated carbocycles. The smallest absolute Gasteiger partial charge is 0.0761 e. The van der Waals surface area contributed by atoms with Crippen LogP contribution in [0.25, 0.3) is 0 Å². The van der Waals surface area contributed by atoms with Gasteiger partial charge in [0.25, 0.3) is 0 Å². The molecular formula is C15H23BrClNO. The summed E-state index contributed by atoms with van der Waals surface area (Å²) in [6.45, 7) is 2.05. The van der Waals surface area contributed by atoms with Gasteiger partial charge in [0, 0.05) is 4.47 Å². The van der Waals surface area contributed by atoms with Crippen LogP contribution in [-0.4, -0.2) is 11.2 Å². The van der Waals surface area contributed by atoms with Crippen LogP contribution in [0, 0.1) is 12.8 Å². The molecule has 0 aromatic heterocycles. The predicted molar refractivity (Wildman–Crippen MR) is 85.6 cm³/mol. The monoisotopic (exact) mass is 347 g/mol. The van der Waals surface area contributed by atoms with E-state index in [0.717, 1.165) is 22.9 Å². The topological polar surface area (TPSA) is 46.2 Å². The first-order chi connectivity index (χ1) is 8.59. The molecule has 0 heterocycles. The maximum absolute atomic E-state index is 10.4. The molecule has 4 heteroatoms. The van der Waals surface area contributed by atoms with Crippen molar-refractivity contribution in [1.29, 1.82) is 0 Å². The molecule has 0 unspecified atom stereocenters. The van der Waals surface area contributed by atoms with E-state index in [2.05, 4.69) is 28.9 Å². The van der Waals surface area contributed by atoms with Crippen molar-refractivity contribution in [3.8, 4) is 0 Å². The van der Waals surface area contributed by atoms with Crippen molar-refractivity contribution in [2.24, 2.45) is 11.7 Å². The Labute approximate surface area is 130 Å². The molecule has 3 N–H and O–H groups in total.